The van der Waals surface area contributed by atoms with Gasteiger partial charge < -0.3 is 10.5 Å². The van der Waals surface area contributed by atoms with Gasteiger partial charge in [0, 0.05) is 6.04 Å². The van der Waals surface area contributed by atoms with Gasteiger partial charge in [-0.05, 0) is 35.7 Å². The van der Waals surface area contributed by atoms with Gasteiger partial charge >= 0.3 is 0 Å². The molecule has 0 heterocycles. The van der Waals surface area contributed by atoms with Gasteiger partial charge in [0.15, 0.2) is 0 Å². The monoisotopic (exact) mass is 291 g/mol. The van der Waals surface area contributed by atoms with E-state index in [1.165, 1.54) is 0 Å². The smallest absolute Gasteiger partial charge is 0.127 e. The minimum Gasteiger partial charge on any atom is -0.457 e. The zero-order valence-electron chi connectivity index (χ0n) is 12.0. The van der Waals surface area contributed by atoms with Gasteiger partial charge in [-0.15, -0.1) is 12.4 Å². The Kier molecular flexibility index (Phi) is 6.56. The molecular weight excluding hydrogens is 270 g/mol. The Morgan fingerprint density at radius 1 is 1.00 bits per heavy atom. The van der Waals surface area contributed by atoms with Crippen LogP contribution in [0.5, 0.6) is 11.5 Å². The van der Waals surface area contributed by atoms with E-state index in [1.54, 1.807) is 0 Å². The van der Waals surface area contributed by atoms with Gasteiger partial charge in [0.2, 0.25) is 0 Å². The van der Waals surface area contributed by atoms with E-state index in [0.29, 0.717) is 5.92 Å². The normalized spacial score (nSPS) is 13.2. The molecule has 2 nitrogen and oxygen atoms in total. The summed E-state index contributed by atoms with van der Waals surface area (Å²) in [5, 5.41) is 0. The van der Waals surface area contributed by atoms with Crippen LogP contribution in [0.4, 0.5) is 0 Å². The summed E-state index contributed by atoms with van der Waals surface area (Å²) < 4.78 is 5.83. The highest BCUT2D eigenvalue weighted by atomic mass is 35.5. The minimum absolute atomic E-state index is 0. The second-order valence-electron chi connectivity index (χ2n) is 4.90. The number of halogens is 1. The lowest BCUT2D eigenvalue weighted by atomic mass is 9.93. The topological polar surface area (TPSA) is 35.2 Å². The maximum atomic E-state index is 6.26. The molecule has 3 heteroatoms. The van der Waals surface area contributed by atoms with Crippen LogP contribution in [0.1, 0.15) is 31.9 Å². The van der Waals surface area contributed by atoms with Crippen LogP contribution in [0.2, 0.25) is 0 Å². The van der Waals surface area contributed by atoms with Gasteiger partial charge in [-0.25, -0.2) is 0 Å². The van der Waals surface area contributed by atoms with Gasteiger partial charge in [-0.3, -0.25) is 0 Å². The lowest BCUT2D eigenvalue weighted by molar-refractivity contribution is 0.450. The van der Waals surface area contributed by atoms with E-state index in [2.05, 4.69) is 19.9 Å². The molecule has 2 rings (SSSR count). The highest BCUT2D eigenvalue weighted by Gasteiger charge is 2.13. The molecular formula is C17H22ClNO. The summed E-state index contributed by atoms with van der Waals surface area (Å²) in [4.78, 5) is 0. The third-order valence-electron chi connectivity index (χ3n) is 3.48. The fraction of sp³-hybridized carbons (Fsp3) is 0.294. The largest absolute Gasteiger partial charge is 0.457 e. The molecule has 0 amide bonds. The Hall–Kier alpha value is -1.51. The zero-order chi connectivity index (χ0) is 13.7. The van der Waals surface area contributed by atoms with Crippen LogP contribution in [0.25, 0.3) is 0 Å². The van der Waals surface area contributed by atoms with Crippen molar-refractivity contribution in [3.05, 3.63) is 60.2 Å². The Labute approximate surface area is 127 Å². The van der Waals surface area contributed by atoms with E-state index in [1.807, 2.05) is 48.5 Å². The third-order valence-corrected chi connectivity index (χ3v) is 3.48. The summed E-state index contributed by atoms with van der Waals surface area (Å²) in [6, 6.07) is 17.9. The van der Waals surface area contributed by atoms with E-state index in [0.717, 1.165) is 23.5 Å². The van der Waals surface area contributed by atoms with Gasteiger partial charge in [0.25, 0.3) is 0 Å². The summed E-state index contributed by atoms with van der Waals surface area (Å²) in [6.45, 7) is 4.34. The second-order valence-corrected chi connectivity index (χ2v) is 4.90. The second kappa shape index (κ2) is 7.93. The van der Waals surface area contributed by atoms with Gasteiger partial charge in [0.05, 0.1) is 0 Å². The molecule has 2 N–H and O–H groups in total. The van der Waals surface area contributed by atoms with Crippen LogP contribution >= 0.6 is 12.4 Å². The lowest BCUT2D eigenvalue weighted by Crippen LogP contribution is -2.18. The summed E-state index contributed by atoms with van der Waals surface area (Å²) in [7, 11) is 0. The van der Waals surface area contributed by atoms with Crippen molar-refractivity contribution in [1.29, 1.82) is 0 Å². The maximum Gasteiger partial charge on any atom is 0.127 e. The quantitative estimate of drug-likeness (QED) is 0.846. The predicted octanol–water partition coefficient (Wildman–Crippen LogP) is 4.95. The predicted molar refractivity (Wildman–Crippen MR) is 86.6 cm³/mol. The number of hydrogen-bond acceptors (Lipinski definition) is 2. The van der Waals surface area contributed by atoms with Crippen molar-refractivity contribution < 1.29 is 4.74 Å². The molecule has 0 spiro atoms. The highest BCUT2D eigenvalue weighted by molar-refractivity contribution is 5.85. The molecule has 0 saturated carbocycles. The molecule has 2 aromatic carbocycles. The zero-order valence-corrected chi connectivity index (χ0v) is 12.8. The minimum atomic E-state index is 0. The summed E-state index contributed by atoms with van der Waals surface area (Å²) in [5.74, 6) is 2.14. The number of para-hydroxylation sites is 1. The molecule has 2 aromatic rings. The molecule has 0 saturated heterocycles. The lowest BCUT2D eigenvalue weighted by Gasteiger charge is -2.19. The molecule has 0 radical (unpaired) electrons. The van der Waals surface area contributed by atoms with Crippen LogP contribution < -0.4 is 10.5 Å². The first-order valence-electron chi connectivity index (χ1n) is 6.79. The van der Waals surface area contributed by atoms with E-state index in [-0.39, 0.29) is 18.4 Å². The highest BCUT2D eigenvalue weighted by Crippen LogP contribution is 2.27. The molecule has 0 aliphatic heterocycles. The molecule has 0 fully saturated rings. The molecule has 1 unspecified atom stereocenters. The van der Waals surface area contributed by atoms with Crippen molar-refractivity contribution in [3.8, 4) is 11.5 Å². The van der Waals surface area contributed by atoms with Crippen molar-refractivity contribution in [1.82, 2.24) is 0 Å². The van der Waals surface area contributed by atoms with Crippen molar-refractivity contribution in [2.75, 3.05) is 0 Å². The molecule has 0 aliphatic carbocycles. The average molecular weight is 292 g/mol. The number of ether oxygens (including phenoxy) is 1. The Balaban J connectivity index is 0.00000200. The van der Waals surface area contributed by atoms with Gasteiger partial charge in [-0.2, -0.15) is 0 Å². The molecule has 0 aliphatic rings. The first kappa shape index (κ1) is 16.5. The van der Waals surface area contributed by atoms with Crippen LogP contribution in [0.15, 0.2) is 54.6 Å². The van der Waals surface area contributed by atoms with E-state index in [9.17, 15) is 0 Å². The van der Waals surface area contributed by atoms with E-state index < -0.39 is 0 Å². The average Bonchev–Trinajstić information content (AvgIpc) is 2.47. The summed E-state index contributed by atoms with van der Waals surface area (Å²) >= 11 is 0. The van der Waals surface area contributed by atoms with Gasteiger partial charge in [-0.1, -0.05) is 50.6 Å². The number of rotatable bonds is 5. The maximum absolute atomic E-state index is 6.26. The Bertz CT molecular complexity index is 515. The SMILES string of the molecule is CCC(C)[C@@H](N)c1cccc(Oc2ccccc2)c1.Cl. The molecule has 20 heavy (non-hydrogen) atoms. The van der Waals surface area contributed by atoms with E-state index in [4.69, 9.17) is 10.5 Å². The van der Waals surface area contributed by atoms with Crippen molar-refractivity contribution in [2.45, 2.75) is 26.3 Å². The van der Waals surface area contributed by atoms with Gasteiger partial charge in [0.1, 0.15) is 11.5 Å². The third kappa shape index (κ3) is 4.26. The van der Waals surface area contributed by atoms with E-state index >= 15 is 0 Å². The van der Waals surface area contributed by atoms with Crippen LogP contribution in [-0.4, -0.2) is 0 Å². The fourth-order valence-corrected chi connectivity index (χ4v) is 1.99. The number of benzene rings is 2. The molecule has 108 valence electrons. The molecule has 2 atom stereocenters. The number of hydrogen-bond donors (Lipinski definition) is 1. The van der Waals surface area contributed by atoms with Crippen molar-refractivity contribution >= 4 is 12.4 Å². The first-order valence-corrected chi connectivity index (χ1v) is 6.79. The molecule has 0 aromatic heterocycles. The fourth-order valence-electron chi connectivity index (χ4n) is 1.99. The van der Waals surface area contributed by atoms with Crippen LogP contribution in [0.3, 0.4) is 0 Å². The Morgan fingerprint density at radius 2 is 1.65 bits per heavy atom. The Morgan fingerprint density at radius 3 is 2.30 bits per heavy atom. The first-order chi connectivity index (χ1) is 9.20. The number of nitrogens with two attached hydrogens (primary N) is 1. The van der Waals surface area contributed by atoms with Crippen molar-refractivity contribution in [3.63, 3.8) is 0 Å². The molecule has 0 bridgehead atoms. The van der Waals surface area contributed by atoms with Crippen LogP contribution in [0, 0.1) is 5.92 Å². The standard InChI is InChI=1S/C17H21NO.ClH/c1-3-13(2)17(18)14-8-7-11-16(12-14)19-15-9-5-4-6-10-15;/h4-13,17H,3,18H2,1-2H3;1H/t13?,17-;/m1./s1. The van der Waals surface area contributed by atoms with Crippen molar-refractivity contribution in [2.24, 2.45) is 11.7 Å². The summed E-state index contributed by atoms with van der Waals surface area (Å²) in [6.07, 6.45) is 1.07. The summed E-state index contributed by atoms with van der Waals surface area (Å²) in [5.41, 5.74) is 7.38. The van der Waals surface area contributed by atoms with Crippen LogP contribution in [-0.2, 0) is 0 Å².